The summed E-state index contributed by atoms with van der Waals surface area (Å²) in [6, 6.07) is 1.75. The number of H-pyrrole nitrogens is 1. The Bertz CT molecular complexity index is 596. The quantitative estimate of drug-likeness (QED) is 0.909. The van der Waals surface area contributed by atoms with Crippen LogP contribution in [-0.2, 0) is 4.79 Å². The third-order valence-electron chi connectivity index (χ3n) is 5.61. The van der Waals surface area contributed by atoms with E-state index in [1.165, 1.54) is 12.8 Å². The zero-order chi connectivity index (χ0) is 17.8. The predicted octanol–water partition coefficient (Wildman–Crippen LogP) is 1.87. The molecule has 3 heterocycles. The minimum Gasteiger partial charge on any atom is -0.365 e. The van der Waals surface area contributed by atoms with E-state index in [0.29, 0.717) is 13.1 Å². The third-order valence-corrected chi connectivity index (χ3v) is 5.61. The SMILES string of the molecule is Cc1[nH]ccc1C(=O)N1CCN(C(C)C(=O)N2CCCCCC2)CC1. The summed E-state index contributed by atoms with van der Waals surface area (Å²) in [6.45, 7) is 8.61. The number of aromatic amines is 1. The lowest BCUT2D eigenvalue weighted by Gasteiger charge is -2.39. The second-order valence-corrected chi connectivity index (χ2v) is 7.26. The summed E-state index contributed by atoms with van der Waals surface area (Å²) in [5, 5.41) is 0. The van der Waals surface area contributed by atoms with Gasteiger partial charge in [-0.05, 0) is 32.8 Å². The normalized spacial score (nSPS) is 21.0. The van der Waals surface area contributed by atoms with Crippen LogP contribution in [0.4, 0.5) is 0 Å². The second-order valence-electron chi connectivity index (χ2n) is 7.26. The first-order valence-electron chi connectivity index (χ1n) is 9.54. The Kier molecular flexibility index (Phi) is 5.78. The number of nitrogens with one attached hydrogen (secondary N) is 1. The molecule has 0 aliphatic carbocycles. The molecule has 2 aliphatic heterocycles. The Morgan fingerprint density at radius 2 is 1.60 bits per heavy atom. The Labute approximate surface area is 150 Å². The Morgan fingerprint density at radius 3 is 2.16 bits per heavy atom. The molecular weight excluding hydrogens is 316 g/mol. The zero-order valence-corrected chi connectivity index (χ0v) is 15.5. The van der Waals surface area contributed by atoms with E-state index in [1.807, 2.05) is 29.7 Å². The van der Waals surface area contributed by atoms with Crippen molar-refractivity contribution in [3.05, 3.63) is 23.5 Å². The molecule has 0 aromatic carbocycles. The minimum atomic E-state index is -0.0932. The van der Waals surface area contributed by atoms with Gasteiger partial charge in [-0.15, -0.1) is 0 Å². The van der Waals surface area contributed by atoms with E-state index in [1.54, 1.807) is 6.20 Å². The van der Waals surface area contributed by atoms with Gasteiger partial charge in [0, 0.05) is 51.2 Å². The summed E-state index contributed by atoms with van der Waals surface area (Å²) >= 11 is 0. The lowest BCUT2D eigenvalue weighted by atomic mass is 10.1. The second kappa shape index (κ2) is 8.04. The predicted molar refractivity (Wildman–Crippen MR) is 97.5 cm³/mol. The van der Waals surface area contributed by atoms with Gasteiger partial charge in [-0.1, -0.05) is 12.8 Å². The molecule has 1 aromatic heterocycles. The molecule has 2 aliphatic rings. The maximum atomic E-state index is 12.8. The average molecular weight is 346 g/mol. The standard InChI is InChI=1S/C19H30N4O2/c1-15-17(7-8-20-15)19(25)23-13-11-21(12-14-23)16(2)18(24)22-9-5-3-4-6-10-22/h7-8,16,20H,3-6,9-14H2,1-2H3. The monoisotopic (exact) mass is 346 g/mol. The number of hydrogen-bond donors (Lipinski definition) is 1. The van der Waals surface area contributed by atoms with Crippen LogP contribution in [-0.4, -0.2) is 76.8 Å². The molecule has 1 aromatic rings. The van der Waals surface area contributed by atoms with E-state index in [-0.39, 0.29) is 17.9 Å². The van der Waals surface area contributed by atoms with Gasteiger partial charge in [-0.25, -0.2) is 0 Å². The van der Waals surface area contributed by atoms with Crippen LogP contribution in [0.2, 0.25) is 0 Å². The number of likely N-dealkylation sites (tertiary alicyclic amines) is 1. The molecule has 25 heavy (non-hydrogen) atoms. The summed E-state index contributed by atoms with van der Waals surface area (Å²) < 4.78 is 0. The zero-order valence-electron chi connectivity index (χ0n) is 15.5. The summed E-state index contributed by atoms with van der Waals surface area (Å²) in [7, 11) is 0. The molecule has 1 N–H and O–H groups in total. The van der Waals surface area contributed by atoms with Crippen LogP contribution in [0.15, 0.2) is 12.3 Å². The molecule has 6 nitrogen and oxygen atoms in total. The van der Waals surface area contributed by atoms with Gasteiger partial charge in [0.25, 0.3) is 5.91 Å². The molecule has 6 heteroatoms. The highest BCUT2D eigenvalue weighted by atomic mass is 16.2. The number of hydrogen-bond acceptors (Lipinski definition) is 3. The van der Waals surface area contributed by atoms with Gasteiger partial charge in [0.15, 0.2) is 0 Å². The molecule has 0 bridgehead atoms. The van der Waals surface area contributed by atoms with Crippen molar-refractivity contribution < 1.29 is 9.59 Å². The van der Waals surface area contributed by atoms with E-state index < -0.39 is 0 Å². The summed E-state index contributed by atoms with van der Waals surface area (Å²) in [4.78, 5) is 34.6. The van der Waals surface area contributed by atoms with E-state index in [0.717, 1.165) is 50.3 Å². The van der Waals surface area contributed by atoms with Gasteiger partial charge < -0.3 is 14.8 Å². The molecule has 0 spiro atoms. The van der Waals surface area contributed by atoms with Crippen molar-refractivity contribution in [3.8, 4) is 0 Å². The maximum Gasteiger partial charge on any atom is 0.255 e. The van der Waals surface area contributed by atoms with Crippen molar-refractivity contribution in [1.82, 2.24) is 19.7 Å². The largest absolute Gasteiger partial charge is 0.365 e. The third kappa shape index (κ3) is 4.06. The number of carbonyl (C=O) groups excluding carboxylic acids is 2. The van der Waals surface area contributed by atoms with E-state index in [4.69, 9.17) is 0 Å². The van der Waals surface area contributed by atoms with Gasteiger partial charge in [0.1, 0.15) is 0 Å². The summed E-state index contributed by atoms with van der Waals surface area (Å²) in [6.07, 6.45) is 6.52. The topological polar surface area (TPSA) is 59.7 Å². The van der Waals surface area contributed by atoms with Gasteiger partial charge in [0.05, 0.1) is 11.6 Å². The lowest BCUT2D eigenvalue weighted by molar-refractivity contribution is -0.136. The fraction of sp³-hybridized carbons (Fsp3) is 0.684. The van der Waals surface area contributed by atoms with Crippen molar-refractivity contribution in [1.29, 1.82) is 0 Å². The smallest absolute Gasteiger partial charge is 0.255 e. The first-order chi connectivity index (χ1) is 12.1. The van der Waals surface area contributed by atoms with Gasteiger partial charge >= 0.3 is 0 Å². The molecule has 2 fully saturated rings. The van der Waals surface area contributed by atoms with Gasteiger partial charge in [-0.2, -0.15) is 0 Å². The summed E-state index contributed by atoms with van der Waals surface area (Å²) in [5.41, 5.74) is 1.67. The maximum absolute atomic E-state index is 12.8. The van der Waals surface area contributed by atoms with Gasteiger partial charge in [-0.3, -0.25) is 14.5 Å². The fourth-order valence-electron chi connectivity index (χ4n) is 3.88. The van der Waals surface area contributed by atoms with Crippen LogP contribution in [0.5, 0.6) is 0 Å². The van der Waals surface area contributed by atoms with Crippen molar-refractivity contribution in [3.63, 3.8) is 0 Å². The van der Waals surface area contributed by atoms with Crippen LogP contribution in [0.1, 0.15) is 48.7 Å². The van der Waals surface area contributed by atoms with Crippen LogP contribution >= 0.6 is 0 Å². The molecule has 1 atom stereocenters. The number of nitrogens with zero attached hydrogens (tertiary/aromatic N) is 3. The Hall–Kier alpha value is -1.82. The first-order valence-corrected chi connectivity index (χ1v) is 9.54. The fourth-order valence-corrected chi connectivity index (χ4v) is 3.88. The van der Waals surface area contributed by atoms with Crippen molar-refractivity contribution in [2.24, 2.45) is 0 Å². The average Bonchev–Trinajstić information content (AvgIpc) is 2.89. The molecule has 138 valence electrons. The Morgan fingerprint density at radius 1 is 0.960 bits per heavy atom. The van der Waals surface area contributed by atoms with E-state index >= 15 is 0 Å². The minimum absolute atomic E-state index is 0.0879. The first kappa shape index (κ1) is 18.0. The highest BCUT2D eigenvalue weighted by molar-refractivity contribution is 5.95. The summed E-state index contributed by atoms with van der Waals surface area (Å²) in [5.74, 6) is 0.341. The van der Waals surface area contributed by atoms with Crippen molar-refractivity contribution >= 4 is 11.8 Å². The molecular formula is C19H30N4O2. The van der Waals surface area contributed by atoms with Crippen molar-refractivity contribution in [2.45, 2.75) is 45.6 Å². The molecule has 0 saturated carbocycles. The highest BCUT2D eigenvalue weighted by Gasteiger charge is 2.30. The number of aromatic nitrogens is 1. The highest BCUT2D eigenvalue weighted by Crippen LogP contribution is 2.16. The Balaban J connectivity index is 1.53. The van der Waals surface area contributed by atoms with E-state index in [9.17, 15) is 9.59 Å². The number of aryl methyl sites for hydroxylation is 1. The number of carbonyl (C=O) groups is 2. The number of rotatable bonds is 3. The lowest BCUT2D eigenvalue weighted by Crippen LogP contribution is -2.55. The van der Waals surface area contributed by atoms with Crippen LogP contribution in [0.25, 0.3) is 0 Å². The molecule has 2 amide bonds. The molecule has 0 radical (unpaired) electrons. The number of piperazine rings is 1. The van der Waals surface area contributed by atoms with Crippen LogP contribution < -0.4 is 0 Å². The van der Waals surface area contributed by atoms with E-state index in [2.05, 4.69) is 9.88 Å². The molecule has 2 saturated heterocycles. The number of amides is 2. The van der Waals surface area contributed by atoms with Gasteiger partial charge in [0.2, 0.25) is 5.91 Å². The molecule has 1 unspecified atom stereocenters. The molecule has 3 rings (SSSR count). The van der Waals surface area contributed by atoms with Crippen LogP contribution in [0.3, 0.4) is 0 Å². The van der Waals surface area contributed by atoms with Crippen LogP contribution in [0, 0.1) is 6.92 Å². The van der Waals surface area contributed by atoms with Crippen molar-refractivity contribution in [2.75, 3.05) is 39.3 Å².